The Labute approximate surface area is 201 Å². The average molecular weight is 528 g/mol. The Balaban J connectivity index is 0.00000320. The second-order valence-electron chi connectivity index (χ2n) is 8.96. The first-order valence-electron chi connectivity index (χ1n) is 11.6. The van der Waals surface area contributed by atoms with Gasteiger partial charge >= 0.3 is 0 Å². The van der Waals surface area contributed by atoms with E-state index in [4.69, 9.17) is 0 Å². The first kappa shape index (κ1) is 25.4. The number of piperidine rings is 2. The van der Waals surface area contributed by atoms with Gasteiger partial charge in [-0.25, -0.2) is 0 Å². The van der Waals surface area contributed by atoms with E-state index in [1.807, 2.05) is 7.05 Å². The minimum Gasteiger partial charge on any atom is -0.355 e. The van der Waals surface area contributed by atoms with Gasteiger partial charge in [0.2, 0.25) is 0 Å². The van der Waals surface area contributed by atoms with Gasteiger partial charge in [-0.05, 0) is 83.4 Å². The number of likely N-dealkylation sites (tertiary alicyclic amines) is 2. The fourth-order valence-corrected chi connectivity index (χ4v) is 4.78. The molecule has 0 aliphatic carbocycles. The summed E-state index contributed by atoms with van der Waals surface area (Å²) >= 11 is 0. The van der Waals surface area contributed by atoms with Crippen molar-refractivity contribution in [3.05, 3.63) is 35.4 Å². The predicted molar refractivity (Wildman–Crippen MR) is 139 cm³/mol. The van der Waals surface area contributed by atoms with Gasteiger partial charge in [0.25, 0.3) is 0 Å². The molecule has 2 aliphatic heterocycles. The quantitative estimate of drug-likeness (QED) is 0.333. The van der Waals surface area contributed by atoms with Gasteiger partial charge in [-0.15, -0.1) is 24.0 Å². The fraction of sp³-hybridized carbons (Fsp3) is 0.708. The summed E-state index contributed by atoms with van der Waals surface area (Å²) in [6, 6.07) is 9.16. The van der Waals surface area contributed by atoms with Crippen molar-refractivity contribution in [1.29, 1.82) is 0 Å². The summed E-state index contributed by atoms with van der Waals surface area (Å²) in [6.07, 6.45) is 7.63. The largest absolute Gasteiger partial charge is 0.355 e. The number of guanidine groups is 1. The van der Waals surface area contributed by atoms with Crippen LogP contribution in [0.15, 0.2) is 29.3 Å². The molecule has 2 aliphatic rings. The minimum absolute atomic E-state index is 0. The van der Waals surface area contributed by atoms with Crippen molar-refractivity contribution in [2.45, 2.75) is 64.0 Å². The topological polar surface area (TPSA) is 42.9 Å². The highest BCUT2D eigenvalue weighted by Gasteiger charge is 2.39. The van der Waals surface area contributed by atoms with Crippen LogP contribution in [0.25, 0.3) is 0 Å². The molecule has 2 heterocycles. The lowest BCUT2D eigenvalue weighted by Gasteiger charge is -2.50. The van der Waals surface area contributed by atoms with E-state index in [-0.39, 0.29) is 35.6 Å². The highest BCUT2D eigenvalue weighted by atomic mass is 127. The third-order valence-electron chi connectivity index (χ3n) is 6.99. The standard InChI is InChI=1S/C24H41N5.HI/c1-5-21-9-11-22(12-10-21)20(2)27-23(25-3)26-19-24(13-17-28(4)18-14-24)29-15-7-6-8-16-29;/h9-12,20H,5-8,13-19H2,1-4H3,(H2,25,26,27);1H. The van der Waals surface area contributed by atoms with Gasteiger partial charge in [-0.3, -0.25) is 9.89 Å². The predicted octanol–water partition coefficient (Wildman–Crippen LogP) is 4.04. The smallest absolute Gasteiger partial charge is 0.191 e. The zero-order valence-electron chi connectivity index (χ0n) is 19.4. The van der Waals surface area contributed by atoms with Crippen LogP contribution in [-0.2, 0) is 6.42 Å². The van der Waals surface area contributed by atoms with E-state index in [1.54, 1.807) is 0 Å². The molecular weight excluding hydrogens is 485 g/mol. The van der Waals surface area contributed by atoms with Crippen LogP contribution in [-0.4, -0.2) is 68.1 Å². The van der Waals surface area contributed by atoms with E-state index in [9.17, 15) is 0 Å². The van der Waals surface area contributed by atoms with Crippen LogP contribution in [0, 0.1) is 0 Å². The number of hydrogen-bond acceptors (Lipinski definition) is 3. The van der Waals surface area contributed by atoms with Crippen LogP contribution < -0.4 is 10.6 Å². The lowest BCUT2D eigenvalue weighted by molar-refractivity contribution is 0.0173. The number of halogens is 1. The Morgan fingerprint density at radius 3 is 2.27 bits per heavy atom. The normalized spacial score (nSPS) is 21.5. The molecule has 2 fully saturated rings. The molecule has 0 radical (unpaired) electrons. The van der Waals surface area contributed by atoms with Gasteiger partial charge in [0, 0.05) is 19.1 Å². The molecule has 1 aromatic rings. The van der Waals surface area contributed by atoms with Crippen molar-refractivity contribution in [2.24, 2.45) is 4.99 Å². The second kappa shape index (κ2) is 12.2. The Hall–Kier alpha value is -0.860. The number of nitrogens with zero attached hydrogens (tertiary/aromatic N) is 3. The molecule has 1 unspecified atom stereocenters. The van der Waals surface area contributed by atoms with Crippen molar-refractivity contribution >= 4 is 29.9 Å². The van der Waals surface area contributed by atoms with Gasteiger partial charge in [0.1, 0.15) is 0 Å². The maximum Gasteiger partial charge on any atom is 0.191 e. The van der Waals surface area contributed by atoms with E-state index in [0.29, 0.717) is 0 Å². The van der Waals surface area contributed by atoms with Crippen LogP contribution in [0.2, 0.25) is 0 Å². The van der Waals surface area contributed by atoms with Gasteiger partial charge < -0.3 is 15.5 Å². The van der Waals surface area contributed by atoms with Crippen LogP contribution in [0.4, 0.5) is 0 Å². The zero-order valence-corrected chi connectivity index (χ0v) is 21.7. The number of hydrogen-bond donors (Lipinski definition) is 2. The molecule has 1 aromatic carbocycles. The van der Waals surface area contributed by atoms with Crippen molar-refractivity contribution in [3.8, 4) is 0 Å². The summed E-state index contributed by atoms with van der Waals surface area (Å²) < 4.78 is 0. The van der Waals surface area contributed by atoms with Crippen molar-refractivity contribution in [3.63, 3.8) is 0 Å². The highest BCUT2D eigenvalue weighted by Crippen LogP contribution is 2.30. The third kappa shape index (κ3) is 6.57. The molecule has 1 atom stereocenters. The van der Waals surface area contributed by atoms with Crippen molar-refractivity contribution < 1.29 is 0 Å². The van der Waals surface area contributed by atoms with Crippen molar-refractivity contribution in [1.82, 2.24) is 20.4 Å². The Morgan fingerprint density at radius 1 is 1.07 bits per heavy atom. The van der Waals surface area contributed by atoms with Gasteiger partial charge in [-0.2, -0.15) is 0 Å². The summed E-state index contributed by atoms with van der Waals surface area (Å²) in [5.41, 5.74) is 2.95. The highest BCUT2D eigenvalue weighted by molar-refractivity contribution is 14.0. The maximum atomic E-state index is 4.53. The van der Waals surface area contributed by atoms with Crippen LogP contribution in [0.1, 0.15) is 63.1 Å². The van der Waals surface area contributed by atoms with E-state index in [2.05, 4.69) is 70.6 Å². The molecule has 2 N–H and O–H groups in total. The third-order valence-corrected chi connectivity index (χ3v) is 6.99. The van der Waals surface area contributed by atoms with E-state index in [0.717, 1.165) is 18.9 Å². The lowest BCUT2D eigenvalue weighted by Crippen LogP contribution is -2.62. The summed E-state index contributed by atoms with van der Waals surface area (Å²) in [5, 5.41) is 7.29. The molecule has 2 saturated heterocycles. The monoisotopic (exact) mass is 527 g/mol. The number of nitrogens with one attached hydrogen (secondary N) is 2. The molecule has 0 saturated carbocycles. The summed E-state index contributed by atoms with van der Waals surface area (Å²) in [6.45, 7) is 10.2. The molecular formula is C24H42IN5. The van der Waals surface area contributed by atoms with E-state index in [1.165, 1.54) is 69.4 Å². The lowest BCUT2D eigenvalue weighted by atomic mass is 9.84. The number of aryl methyl sites for hydroxylation is 1. The van der Waals surface area contributed by atoms with Gasteiger partial charge in [0.15, 0.2) is 5.96 Å². The molecule has 170 valence electrons. The second-order valence-corrected chi connectivity index (χ2v) is 8.96. The first-order valence-corrected chi connectivity index (χ1v) is 11.6. The van der Waals surface area contributed by atoms with Crippen LogP contribution in [0.5, 0.6) is 0 Å². The van der Waals surface area contributed by atoms with E-state index < -0.39 is 0 Å². The molecule has 0 spiro atoms. The fourth-order valence-electron chi connectivity index (χ4n) is 4.78. The molecule has 6 heteroatoms. The SMILES string of the molecule is CCc1ccc(C(C)NC(=NC)NCC2(N3CCCCC3)CCN(C)CC2)cc1.I. The molecule has 3 rings (SSSR count). The number of aliphatic imine (C=N–C) groups is 1. The summed E-state index contributed by atoms with van der Waals surface area (Å²) in [4.78, 5) is 9.77. The Kier molecular flexibility index (Phi) is 10.4. The van der Waals surface area contributed by atoms with Gasteiger partial charge in [0.05, 0.1) is 6.04 Å². The zero-order chi connectivity index (χ0) is 20.7. The minimum atomic E-state index is 0. The van der Waals surface area contributed by atoms with Crippen molar-refractivity contribution in [2.75, 3.05) is 46.8 Å². The first-order chi connectivity index (χ1) is 14.1. The Bertz CT molecular complexity index is 646. The van der Waals surface area contributed by atoms with Crippen LogP contribution >= 0.6 is 24.0 Å². The Morgan fingerprint density at radius 2 is 1.70 bits per heavy atom. The molecule has 30 heavy (non-hydrogen) atoms. The average Bonchev–Trinajstić information content (AvgIpc) is 2.78. The number of rotatable bonds is 6. The summed E-state index contributed by atoms with van der Waals surface area (Å²) in [5.74, 6) is 0.910. The van der Waals surface area contributed by atoms with Crippen LogP contribution in [0.3, 0.4) is 0 Å². The molecule has 0 amide bonds. The van der Waals surface area contributed by atoms with E-state index >= 15 is 0 Å². The molecule has 5 nitrogen and oxygen atoms in total. The molecule has 0 bridgehead atoms. The summed E-state index contributed by atoms with van der Waals surface area (Å²) in [7, 11) is 4.13. The molecule has 0 aromatic heterocycles. The maximum absolute atomic E-state index is 4.53. The van der Waals surface area contributed by atoms with Gasteiger partial charge in [-0.1, -0.05) is 37.6 Å². The number of benzene rings is 1.